The maximum Gasteiger partial charge on any atom is 0.211 e. The van der Waals surface area contributed by atoms with Crippen molar-refractivity contribution in [3.05, 3.63) is 36.2 Å². The van der Waals surface area contributed by atoms with Crippen molar-refractivity contribution >= 4 is 11.7 Å². The number of fused-ring (bicyclic) bond motifs is 1. The molecule has 3 heterocycles. The third kappa shape index (κ3) is 4.67. The van der Waals surface area contributed by atoms with E-state index in [-0.39, 0.29) is 0 Å². The van der Waals surface area contributed by atoms with E-state index >= 15 is 0 Å². The standard InChI is InChI=1S/C21H32N8O2/c1-27-9-11-28(12-10-27)7-4-5-24-21(16-13-17(30-2)15-18(14-16)31-3)25-20-19(22)23-6-8-29(20)26-21/h6,8,13-15,24,26H,4-5,7,9-12H2,1-3H3,(H2,22,23). The minimum absolute atomic E-state index is 0.367. The summed E-state index contributed by atoms with van der Waals surface area (Å²) in [5.41, 5.74) is 10.4. The lowest BCUT2D eigenvalue weighted by Crippen LogP contribution is -2.54. The van der Waals surface area contributed by atoms with Crippen LogP contribution < -0.4 is 25.9 Å². The van der Waals surface area contributed by atoms with E-state index in [4.69, 9.17) is 20.2 Å². The van der Waals surface area contributed by atoms with Gasteiger partial charge in [0.05, 0.1) is 14.2 Å². The number of hydrogen-bond donors (Lipinski definition) is 3. The molecule has 4 rings (SSSR count). The molecule has 1 aromatic carbocycles. The first-order valence-electron chi connectivity index (χ1n) is 10.6. The number of aliphatic imine (C=N–C) groups is 2. The van der Waals surface area contributed by atoms with Gasteiger partial charge in [0.15, 0.2) is 11.7 Å². The van der Waals surface area contributed by atoms with Gasteiger partial charge >= 0.3 is 0 Å². The molecule has 0 saturated carbocycles. The highest BCUT2D eigenvalue weighted by molar-refractivity contribution is 6.40. The summed E-state index contributed by atoms with van der Waals surface area (Å²) in [6, 6.07) is 5.74. The largest absolute Gasteiger partial charge is 0.497 e. The molecule has 1 aromatic rings. The Hall–Kier alpha value is -2.66. The highest BCUT2D eigenvalue weighted by Gasteiger charge is 2.42. The van der Waals surface area contributed by atoms with Crippen molar-refractivity contribution in [3.8, 4) is 11.5 Å². The average Bonchev–Trinajstić information content (AvgIpc) is 3.19. The first-order chi connectivity index (χ1) is 15.0. The highest BCUT2D eigenvalue weighted by Crippen LogP contribution is 2.33. The van der Waals surface area contributed by atoms with Gasteiger partial charge in [-0.05, 0) is 32.1 Å². The molecule has 3 aliphatic rings. The van der Waals surface area contributed by atoms with Crippen LogP contribution in [0.15, 0.2) is 40.6 Å². The molecular formula is C21H32N8O2. The minimum Gasteiger partial charge on any atom is -0.497 e. The topological polar surface area (TPSA) is 103 Å². The Morgan fingerprint density at radius 1 is 1.13 bits per heavy atom. The number of rotatable bonds is 8. The zero-order valence-electron chi connectivity index (χ0n) is 18.5. The Bertz CT molecular complexity index is 856. The molecular weight excluding hydrogens is 396 g/mol. The molecule has 0 spiro atoms. The second-order valence-electron chi connectivity index (χ2n) is 7.97. The number of hydrazine groups is 1. The van der Waals surface area contributed by atoms with Gasteiger partial charge in [-0.1, -0.05) is 0 Å². The van der Waals surface area contributed by atoms with E-state index < -0.39 is 5.79 Å². The first-order valence-corrected chi connectivity index (χ1v) is 10.6. The molecule has 0 amide bonds. The van der Waals surface area contributed by atoms with Crippen LogP contribution in [-0.4, -0.2) is 87.0 Å². The lowest BCUT2D eigenvalue weighted by molar-refractivity contribution is 0.148. The van der Waals surface area contributed by atoms with Crippen LogP contribution in [0.3, 0.4) is 0 Å². The summed E-state index contributed by atoms with van der Waals surface area (Å²) < 4.78 is 11.0. The quantitative estimate of drug-likeness (QED) is 0.501. The molecule has 0 bridgehead atoms. The molecule has 31 heavy (non-hydrogen) atoms. The molecule has 0 aliphatic carbocycles. The molecule has 10 nitrogen and oxygen atoms in total. The van der Waals surface area contributed by atoms with Crippen LogP contribution in [0.1, 0.15) is 12.0 Å². The zero-order valence-corrected chi connectivity index (χ0v) is 18.5. The van der Waals surface area contributed by atoms with E-state index in [0.717, 1.165) is 51.3 Å². The second-order valence-corrected chi connectivity index (χ2v) is 7.97. The Balaban J connectivity index is 1.53. The predicted molar refractivity (Wildman–Crippen MR) is 121 cm³/mol. The normalized spacial score (nSPS) is 24.0. The van der Waals surface area contributed by atoms with Gasteiger partial charge in [-0.15, -0.1) is 0 Å². The van der Waals surface area contributed by atoms with Crippen LogP contribution in [0, 0.1) is 0 Å². The SMILES string of the molecule is COc1cc(OC)cc(C2(NCCCN3CCN(C)CC3)N=C3C(N)=NC=CN3N2)c1. The van der Waals surface area contributed by atoms with Crippen molar-refractivity contribution in [1.82, 2.24) is 25.6 Å². The van der Waals surface area contributed by atoms with Crippen molar-refractivity contribution in [2.75, 3.05) is 60.5 Å². The number of methoxy groups -OCH3 is 2. The van der Waals surface area contributed by atoms with Crippen molar-refractivity contribution in [2.24, 2.45) is 15.7 Å². The lowest BCUT2D eigenvalue weighted by atomic mass is 10.1. The van der Waals surface area contributed by atoms with Crippen LogP contribution in [0.25, 0.3) is 0 Å². The minimum atomic E-state index is -0.909. The van der Waals surface area contributed by atoms with Crippen molar-refractivity contribution in [3.63, 3.8) is 0 Å². The van der Waals surface area contributed by atoms with Gasteiger partial charge in [0.2, 0.25) is 5.79 Å². The summed E-state index contributed by atoms with van der Waals surface area (Å²) in [5.74, 6) is 1.42. The Morgan fingerprint density at radius 3 is 2.48 bits per heavy atom. The Morgan fingerprint density at radius 2 is 1.84 bits per heavy atom. The molecule has 10 heteroatoms. The van der Waals surface area contributed by atoms with Crippen LogP contribution in [0.5, 0.6) is 11.5 Å². The molecule has 1 atom stereocenters. The van der Waals surface area contributed by atoms with E-state index in [1.165, 1.54) is 0 Å². The van der Waals surface area contributed by atoms with Gasteiger partial charge in [-0.2, -0.15) is 5.43 Å². The van der Waals surface area contributed by atoms with Crippen LogP contribution in [0.2, 0.25) is 0 Å². The fraction of sp³-hybridized carbons (Fsp3) is 0.524. The molecule has 3 aliphatic heterocycles. The fourth-order valence-corrected chi connectivity index (χ4v) is 3.96. The van der Waals surface area contributed by atoms with E-state index in [1.54, 1.807) is 31.6 Å². The van der Waals surface area contributed by atoms with Gasteiger partial charge < -0.3 is 25.0 Å². The maximum absolute atomic E-state index is 6.09. The summed E-state index contributed by atoms with van der Waals surface area (Å²) in [5, 5.41) is 5.40. The second kappa shape index (κ2) is 9.23. The fourth-order valence-electron chi connectivity index (χ4n) is 3.96. The number of nitrogens with one attached hydrogen (secondary N) is 2. The molecule has 168 valence electrons. The van der Waals surface area contributed by atoms with Crippen LogP contribution in [-0.2, 0) is 5.79 Å². The monoisotopic (exact) mass is 428 g/mol. The van der Waals surface area contributed by atoms with E-state index in [1.807, 2.05) is 18.2 Å². The Labute approximate surface area is 183 Å². The third-order valence-electron chi connectivity index (χ3n) is 5.84. The first kappa shape index (κ1) is 21.6. The summed E-state index contributed by atoms with van der Waals surface area (Å²) in [6.07, 6.45) is 4.45. The van der Waals surface area contributed by atoms with Gasteiger partial charge in [0.25, 0.3) is 0 Å². The summed E-state index contributed by atoms with van der Waals surface area (Å²) in [4.78, 5) is 14.0. The number of hydrogen-bond acceptors (Lipinski definition) is 10. The molecule has 1 fully saturated rings. The molecule has 0 radical (unpaired) electrons. The Kier molecular flexibility index (Phi) is 6.42. The van der Waals surface area contributed by atoms with Crippen molar-refractivity contribution < 1.29 is 9.47 Å². The van der Waals surface area contributed by atoms with Gasteiger partial charge in [-0.25, -0.2) is 9.98 Å². The number of amidine groups is 2. The summed E-state index contributed by atoms with van der Waals surface area (Å²) >= 11 is 0. The smallest absolute Gasteiger partial charge is 0.211 e. The van der Waals surface area contributed by atoms with Crippen LogP contribution >= 0.6 is 0 Å². The van der Waals surface area contributed by atoms with Gasteiger partial charge in [0.1, 0.15) is 11.5 Å². The molecule has 1 unspecified atom stereocenters. The van der Waals surface area contributed by atoms with E-state index in [9.17, 15) is 0 Å². The number of likely N-dealkylation sites (N-methyl/N-ethyl adjacent to an activating group) is 1. The molecule has 1 saturated heterocycles. The van der Waals surface area contributed by atoms with Crippen molar-refractivity contribution in [1.29, 1.82) is 0 Å². The molecule has 0 aromatic heterocycles. The van der Waals surface area contributed by atoms with E-state index in [2.05, 4.69) is 32.6 Å². The van der Waals surface area contributed by atoms with Gasteiger partial charge in [-0.3, -0.25) is 10.3 Å². The zero-order chi connectivity index (χ0) is 21.8. The highest BCUT2D eigenvalue weighted by atomic mass is 16.5. The summed E-state index contributed by atoms with van der Waals surface area (Å²) in [6.45, 7) is 6.28. The summed E-state index contributed by atoms with van der Waals surface area (Å²) in [7, 11) is 5.45. The molecule has 4 N–H and O–H groups in total. The maximum atomic E-state index is 6.09. The number of piperazine rings is 1. The number of ether oxygens (including phenoxy) is 2. The van der Waals surface area contributed by atoms with Gasteiger partial charge in [0, 0.05) is 56.8 Å². The third-order valence-corrected chi connectivity index (χ3v) is 5.84. The number of nitrogens with two attached hydrogens (primary N) is 1. The lowest BCUT2D eigenvalue weighted by Gasteiger charge is -2.33. The van der Waals surface area contributed by atoms with Crippen LogP contribution in [0.4, 0.5) is 0 Å². The van der Waals surface area contributed by atoms with Crippen molar-refractivity contribution in [2.45, 2.75) is 12.2 Å². The predicted octanol–water partition coefficient (Wildman–Crippen LogP) is 0.102. The average molecular weight is 429 g/mol. The number of nitrogens with zero attached hydrogens (tertiary/aromatic N) is 5. The van der Waals surface area contributed by atoms with E-state index in [0.29, 0.717) is 23.2 Å². The number of benzene rings is 1.